The molecule has 0 radical (unpaired) electrons. The minimum atomic E-state index is -1.17. The molecule has 0 saturated carbocycles. The number of carbonyl (C=O) groups is 2. The minimum absolute atomic E-state index is 0.0525. The van der Waals surface area contributed by atoms with Crippen LogP contribution in [0.4, 0.5) is 0 Å². The summed E-state index contributed by atoms with van der Waals surface area (Å²) in [5.41, 5.74) is -0.633. The Morgan fingerprint density at radius 3 is 1.65 bits per heavy atom. The maximum Gasteiger partial charge on any atom is 0.343 e. The first kappa shape index (κ1) is 22.4. The van der Waals surface area contributed by atoms with Gasteiger partial charge in [-0.2, -0.15) is 0 Å². The van der Waals surface area contributed by atoms with Gasteiger partial charge in [-0.25, -0.2) is 19.6 Å². The van der Waals surface area contributed by atoms with E-state index >= 15 is 0 Å². The quantitative estimate of drug-likeness (QED) is 0.495. The average molecular weight is 440 g/mol. The van der Waals surface area contributed by atoms with Crippen molar-refractivity contribution < 1.29 is 19.4 Å². The number of esters is 1. The number of aromatic carboxylic acids is 1. The molecule has 0 bridgehead atoms. The first-order chi connectivity index (χ1) is 11.9. The highest BCUT2D eigenvalue weighted by molar-refractivity contribution is 6.39. The van der Waals surface area contributed by atoms with Crippen LogP contribution in [-0.2, 0) is 4.74 Å². The standard InChI is InChI=1S/C10H11Cl2NO2.C6H3Cl2NO2/c1-10(2,3)15-9(14)7-6(11)4-5-13-8(7)12;7-3-1-2-9-5(8)4(3)6(10)11/h4-5H,1-3H3;1-2H,(H,10,11). The topological polar surface area (TPSA) is 89.4 Å². The summed E-state index contributed by atoms with van der Waals surface area (Å²) in [5.74, 6) is -1.74. The highest BCUT2D eigenvalue weighted by atomic mass is 35.5. The third-order valence-electron chi connectivity index (χ3n) is 2.52. The van der Waals surface area contributed by atoms with Crippen molar-refractivity contribution >= 4 is 58.3 Å². The average Bonchev–Trinajstić information content (AvgIpc) is 2.45. The number of hydrogen-bond donors (Lipinski definition) is 1. The Morgan fingerprint density at radius 1 is 0.923 bits per heavy atom. The molecule has 0 spiro atoms. The van der Waals surface area contributed by atoms with Crippen LogP contribution in [0.2, 0.25) is 20.4 Å². The number of halogens is 4. The fourth-order valence-corrected chi connectivity index (χ4v) is 2.55. The summed E-state index contributed by atoms with van der Waals surface area (Å²) in [5, 5.41) is 8.83. The summed E-state index contributed by atoms with van der Waals surface area (Å²) in [7, 11) is 0. The number of nitrogens with zero attached hydrogens (tertiary/aromatic N) is 2. The molecule has 26 heavy (non-hydrogen) atoms. The zero-order valence-corrected chi connectivity index (χ0v) is 16.9. The van der Waals surface area contributed by atoms with Crippen molar-refractivity contribution in [3.05, 3.63) is 56.0 Å². The zero-order valence-electron chi connectivity index (χ0n) is 13.9. The van der Waals surface area contributed by atoms with Crippen molar-refractivity contribution in [3.8, 4) is 0 Å². The number of aromatic nitrogens is 2. The van der Waals surface area contributed by atoms with E-state index in [2.05, 4.69) is 9.97 Å². The van der Waals surface area contributed by atoms with Crippen LogP contribution < -0.4 is 0 Å². The van der Waals surface area contributed by atoms with Crippen LogP contribution >= 0.6 is 46.4 Å². The SMILES string of the molecule is CC(C)(C)OC(=O)c1c(Cl)ccnc1Cl.O=C(O)c1c(Cl)ccnc1Cl. The number of rotatable bonds is 2. The van der Waals surface area contributed by atoms with Gasteiger partial charge in [0.1, 0.15) is 27.0 Å². The first-order valence-corrected chi connectivity index (χ1v) is 8.52. The molecule has 0 aliphatic carbocycles. The van der Waals surface area contributed by atoms with E-state index in [0.29, 0.717) is 0 Å². The van der Waals surface area contributed by atoms with Crippen LogP contribution in [0.15, 0.2) is 24.5 Å². The molecule has 0 saturated heterocycles. The number of pyridine rings is 2. The molecule has 140 valence electrons. The van der Waals surface area contributed by atoms with E-state index in [9.17, 15) is 9.59 Å². The normalized spacial score (nSPS) is 10.6. The van der Waals surface area contributed by atoms with Crippen molar-refractivity contribution in [1.82, 2.24) is 9.97 Å². The van der Waals surface area contributed by atoms with Crippen LogP contribution in [0.25, 0.3) is 0 Å². The first-order valence-electron chi connectivity index (χ1n) is 7.00. The lowest BCUT2D eigenvalue weighted by molar-refractivity contribution is 0.00693. The van der Waals surface area contributed by atoms with Crippen LogP contribution in [0.1, 0.15) is 41.5 Å². The number of carbonyl (C=O) groups excluding carboxylic acids is 1. The van der Waals surface area contributed by atoms with Gasteiger partial charge in [0.2, 0.25) is 0 Å². The van der Waals surface area contributed by atoms with E-state index in [0.717, 1.165) is 0 Å². The summed E-state index contributed by atoms with van der Waals surface area (Å²) < 4.78 is 5.14. The third-order valence-corrected chi connectivity index (χ3v) is 3.73. The fraction of sp³-hybridized carbons (Fsp3) is 0.250. The van der Waals surface area contributed by atoms with Gasteiger partial charge in [0.05, 0.1) is 10.0 Å². The number of hydrogen-bond acceptors (Lipinski definition) is 5. The lowest BCUT2D eigenvalue weighted by atomic mass is 10.2. The second-order valence-electron chi connectivity index (χ2n) is 5.72. The van der Waals surface area contributed by atoms with Crippen LogP contribution in [0.5, 0.6) is 0 Å². The maximum absolute atomic E-state index is 11.7. The highest BCUT2D eigenvalue weighted by Crippen LogP contribution is 2.24. The van der Waals surface area contributed by atoms with Gasteiger partial charge in [-0.1, -0.05) is 46.4 Å². The van der Waals surface area contributed by atoms with Crippen molar-refractivity contribution in [1.29, 1.82) is 0 Å². The molecule has 0 atom stereocenters. The Morgan fingerprint density at radius 2 is 1.35 bits per heavy atom. The summed E-state index contributed by atoms with van der Waals surface area (Å²) in [6, 6.07) is 2.86. The fourth-order valence-electron chi connectivity index (χ4n) is 1.53. The Bertz CT molecular complexity index is 782. The second-order valence-corrected chi connectivity index (χ2v) is 7.25. The van der Waals surface area contributed by atoms with E-state index in [1.807, 2.05) is 0 Å². The molecule has 2 aromatic rings. The predicted octanol–water partition coefficient (Wildman–Crippen LogP) is 5.43. The van der Waals surface area contributed by atoms with Crippen molar-refractivity contribution in [3.63, 3.8) is 0 Å². The lowest BCUT2D eigenvalue weighted by Crippen LogP contribution is -2.24. The van der Waals surface area contributed by atoms with Gasteiger partial charge in [-0.3, -0.25) is 0 Å². The van der Waals surface area contributed by atoms with Crippen molar-refractivity contribution in [2.45, 2.75) is 26.4 Å². The van der Waals surface area contributed by atoms with Gasteiger partial charge in [-0.05, 0) is 32.9 Å². The molecule has 0 amide bonds. The van der Waals surface area contributed by atoms with Gasteiger partial charge in [0.15, 0.2) is 0 Å². The van der Waals surface area contributed by atoms with Gasteiger partial charge in [0.25, 0.3) is 0 Å². The van der Waals surface area contributed by atoms with E-state index in [1.165, 1.54) is 24.5 Å². The Balaban J connectivity index is 0.000000273. The van der Waals surface area contributed by atoms with Crippen LogP contribution in [0.3, 0.4) is 0 Å². The summed E-state index contributed by atoms with van der Waals surface area (Å²) in [6.45, 7) is 5.30. The number of carboxylic acid groups (broad SMARTS) is 1. The molecule has 10 heteroatoms. The van der Waals surface area contributed by atoms with E-state index in [4.69, 9.17) is 56.2 Å². The highest BCUT2D eigenvalue weighted by Gasteiger charge is 2.22. The van der Waals surface area contributed by atoms with E-state index < -0.39 is 17.5 Å². The molecular formula is C16H14Cl4N2O4. The smallest absolute Gasteiger partial charge is 0.343 e. The van der Waals surface area contributed by atoms with E-state index in [1.54, 1.807) is 20.8 Å². The molecule has 0 aliphatic heterocycles. The summed E-state index contributed by atoms with van der Waals surface area (Å²) in [4.78, 5) is 29.4. The molecule has 0 aromatic carbocycles. The largest absolute Gasteiger partial charge is 0.478 e. The van der Waals surface area contributed by atoms with Crippen LogP contribution in [-0.4, -0.2) is 32.6 Å². The molecule has 2 heterocycles. The molecule has 0 unspecified atom stereocenters. The summed E-state index contributed by atoms with van der Waals surface area (Å²) >= 11 is 22.6. The third kappa shape index (κ3) is 6.61. The summed E-state index contributed by atoms with van der Waals surface area (Å²) in [6.07, 6.45) is 2.77. The Kier molecular flexibility index (Phi) is 8.09. The van der Waals surface area contributed by atoms with E-state index in [-0.39, 0.29) is 31.5 Å². The molecule has 1 N–H and O–H groups in total. The zero-order chi connectivity index (χ0) is 20.1. The second kappa shape index (κ2) is 9.37. The van der Waals surface area contributed by atoms with Gasteiger partial charge in [-0.15, -0.1) is 0 Å². The number of carboxylic acids is 1. The lowest BCUT2D eigenvalue weighted by Gasteiger charge is -2.19. The van der Waals surface area contributed by atoms with Gasteiger partial charge in [0, 0.05) is 12.4 Å². The van der Waals surface area contributed by atoms with Crippen molar-refractivity contribution in [2.24, 2.45) is 0 Å². The molecule has 0 fully saturated rings. The predicted molar refractivity (Wildman–Crippen MR) is 101 cm³/mol. The van der Waals surface area contributed by atoms with Crippen LogP contribution in [0, 0.1) is 0 Å². The monoisotopic (exact) mass is 438 g/mol. The maximum atomic E-state index is 11.7. The van der Waals surface area contributed by atoms with Gasteiger partial charge >= 0.3 is 11.9 Å². The van der Waals surface area contributed by atoms with Gasteiger partial charge < -0.3 is 9.84 Å². The van der Waals surface area contributed by atoms with Crippen molar-refractivity contribution in [2.75, 3.05) is 0 Å². The molecule has 2 aromatic heterocycles. The Hall–Kier alpha value is -1.60. The number of ether oxygens (including phenoxy) is 1. The molecular weight excluding hydrogens is 426 g/mol. The molecule has 0 aliphatic rings. The molecule has 6 nitrogen and oxygen atoms in total. The Labute approximate surface area is 170 Å². The molecule has 2 rings (SSSR count). The minimum Gasteiger partial charge on any atom is -0.478 e.